The minimum atomic E-state index is -4.77. The van der Waals surface area contributed by atoms with Gasteiger partial charge in [-0.15, -0.1) is 0 Å². The van der Waals surface area contributed by atoms with E-state index in [1.54, 1.807) is 44.6 Å². The van der Waals surface area contributed by atoms with Gasteiger partial charge in [-0.2, -0.15) is 0 Å². The number of alkyl halides is 2. The zero-order chi connectivity index (χ0) is 46.6. The molecule has 0 aliphatic carbocycles. The molecular formula is C46H68F4N6O5S. The molecule has 2 aliphatic heterocycles. The molecule has 1 aromatic heterocycles. The Hall–Kier alpha value is -4.51. The normalized spacial score (nSPS) is 16.3. The number of halogens is 4. The van der Waals surface area contributed by atoms with E-state index in [0.29, 0.717) is 41.9 Å². The summed E-state index contributed by atoms with van der Waals surface area (Å²) in [6.45, 7) is 13.8. The van der Waals surface area contributed by atoms with Crippen molar-refractivity contribution in [2.75, 3.05) is 77.9 Å². The van der Waals surface area contributed by atoms with Gasteiger partial charge < -0.3 is 24.0 Å². The van der Waals surface area contributed by atoms with Crippen LogP contribution in [0.25, 0.3) is 0 Å². The van der Waals surface area contributed by atoms with E-state index >= 15 is 8.78 Å². The molecular weight excluding hydrogens is 825 g/mol. The number of methoxy groups -OCH3 is 3. The van der Waals surface area contributed by atoms with Crippen molar-refractivity contribution < 1.29 is 40.2 Å². The maximum Gasteiger partial charge on any atom is 0.271 e. The van der Waals surface area contributed by atoms with Crippen molar-refractivity contribution in [3.05, 3.63) is 102 Å². The van der Waals surface area contributed by atoms with Gasteiger partial charge in [-0.3, -0.25) is 4.90 Å². The topological polar surface area (TPSA) is 101 Å². The van der Waals surface area contributed by atoms with Crippen molar-refractivity contribution in [1.29, 1.82) is 0 Å². The monoisotopic (exact) mass is 892 g/mol. The molecule has 0 saturated carbocycles. The summed E-state index contributed by atoms with van der Waals surface area (Å²) in [4.78, 5) is 13.5. The van der Waals surface area contributed by atoms with E-state index in [9.17, 15) is 17.2 Å². The van der Waals surface area contributed by atoms with Crippen LogP contribution in [0.1, 0.15) is 77.5 Å². The summed E-state index contributed by atoms with van der Waals surface area (Å²) in [5.74, 6) is -4.24. The van der Waals surface area contributed by atoms with Gasteiger partial charge in [0.1, 0.15) is 35.3 Å². The number of aromatic nitrogens is 2. The maximum atomic E-state index is 15.8. The molecule has 2 fully saturated rings. The molecule has 4 aromatic rings. The molecule has 2 atom stereocenters. The first-order valence-corrected chi connectivity index (χ1v) is 22.5. The lowest BCUT2D eigenvalue weighted by Crippen LogP contribution is -2.50. The largest absolute Gasteiger partial charge is 0.497 e. The van der Waals surface area contributed by atoms with Gasteiger partial charge in [-0.25, -0.2) is 40.3 Å². The molecule has 0 amide bonds. The SMILES string of the molecule is CC.CC.CCc1cccc(C(C)(F)F)c1.COC.COc1ccc(CN(c2ccncn2)S(=O)(=O)c2c(F)cc(N3CCCC(N(C)[C@H]4CCN(C)C4)C3)cc2F)c(OC)c1. The lowest BCUT2D eigenvalue weighted by Gasteiger charge is -2.41. The number of likely N-dealkylation sites (N-methyl/N-ethyl adjacent to an activating group) is 2. The number of piperidine rings is 1. The van der Waals surface area contributed by atoms with Crippen molar-refractivity contribution in [2.24, 2.45) is 0 Å². The maximum absolute atomic E-state index is 15.8. The lowest BCUT2D eigenvalue weighted by molar-refractivity contribution is 0.0174. The van der Waals surface area contributed by atoms with E-state index in [1.165, 1.54) is 38.9 Å². The van der Waals surface area contributed by atoms with Crippen LogP contribution in [0.3, 0.4) is 0 Å². The predicted octanol–water partition coefficient (Wildman–Crippen LogP) is 9.45. The molecule has 3 aromatic carbocycles. The van der Waals surface area contributed by atoms with Crippen molar-refractivity contribution in [2.45, 2.75) is 96.7 Å². The van der Waals surface area contributed by atoms with E-state index < -0.39 is 32.5 Å². The Morgan fingerprint density at radius 3 is 2.05 bits per heavy atom. The molecule has 16 heteroatoms. The van der Waals surface area contributed by atoms with Crippen LogP contribution in [0, 0.1) is 11.6 Å². The Morgan fingerprint density at radius 1 is 0.871 bits per heavy atom. The third-order valence-corrected chi connectivity index (χ3v) is 12.1. The first kappa shape index (κ1) is 53.6. The fraction of sp³-hybridized carbons (Fsp3) is 0.522. The van der Waals surface area contributed by atoms with Crippen LogP contribution in [-0.4, -0.2) is 109 Å². The Labute approximate surface area is 368 Å². The van der Waals surface area contributed by atoms with Crippen molar-refractivity contribution >= 4 is 21.5 Å². The Morgan fingerprint density at radius 2 is 1.52 bits per heavy atom. The fourth-order valence-electron chi connectivity index (χ4n) is 7.07. The molecule has 346 valence electrons. The zero-order valence-corrected chi connectivity index (χ0v) is 39.4. The number of hydrogen-bond donors (Lipinski definition) is 0. The number of rotatable bonds is 12. The smallest absolute Gasteiger partial charge is 0.271 e. The number of ether oxygens (including phenoxy) is 3. The molecule has 62 heavy (non-hydrogen) atoms. The third kappa shape index (κ3) is 14.8. The van der Waals surface area contributed by atoms with Crippen LogP contribution in [0.5, 0.6) is 11.5 Å². The van der Waals surface area contributed by atoms with Gasteiger partial charge >= 0.3 is 0 Å². The molecule has 0 radical (unpaired) electrons. The number of hydrogen-bond acceptors (Lipinski definition) is 10. The summed E-state index contributed by atoms with van der Waals surface area (Å²) in [7, 11) is 5.65. The molecule has 3 heterocycles. The van der Waals surface area contributed by atoms with E-state index in [-0.39, 0.29) is 24.0 Å². The highest BCUT2D eigenvalue weighted by Crippen LogP contribution is 2.35. The number of likely N-dealkylation sites (tertiary alicyclic amines) is 1. The highest BCUT2D eigenvalue weighted by Gasteiger charge is 2.35. The Kier molecular flexibility index (Phi) is 22.7. The van der Waals surface area contributed by atoms with Gasteiger partial charge in [-0.1, -0.05) is 52.8 Å². The van der Waals surface area contributed by atoms with Crippen molar-refractivity contribution in [3.63, 3.8) is 0 Å². The van der Waals surface area contributed by atoms with Gasteiger partial charge in [0, 0.05) is 88.0 Å². The quantitative estimate of drug-likeness (QED) is 0.128. The number of anilines is 2. The number of sulfonamides is 1. The minimum absolute atomic E-state index is 0.0461. The Balaban J connectivity index is 0.000000584. The molecule has 0 N–H and O–H groups in total. The summed E-state index contributed by atoms with van der Waals surface area (Å²) >= 11 is 0. The average molecular weight is 893 g/mol. The highest BCUT2D eigenvalue weighted by molar-refractivity contribution is 7.92. The van der Waals surface area contributed by atoms with Crippen LogP contribution in [0.2, 0.25) is 0 Å². The van der Waals surface area contributed by atoms with Crippen molar-refractivity contribution in [3.8, 4) is 11.5 Å². The highest BCUT2D eigenvalue weighted by atomic mass is 32.2. The standard InChI is InChI=1S/C30H38F2N6O4S.C10H12F2.C2H6O.2C2H6/c1-35-13-10-23(18-35)36(2)22-6-5-12-37(19-22)24-14-26(31)30(27(32)15-24)43(39,40)38(29-9-11-33-20-34-29)17-21-7-8-25(41-3)16-28(21)42-4;1-3-8-5-4-6-9(7-8)10(2,11)12;1-3-2;2*1-2/h7-9,11,14-16,20,22-23H,5-6,10,12-13,17-19H2,1-4H3;4-7H,3H2,1-2H3;1-2H3;2*1-2H3/t22?,23-;;;;/m0..../s1. The van der Waals surface area contributed by atoms with Crippen LogP contribution < -0.4 is 18.7 Å². The number of aryl methyl sites for hydroxylation is 1. The summed E-state index contributed by atoms with van der Waals surface area (Å²) in [5, 5.41) is 0. The summed E-state index contributed by atoms with van der Waals surface area (Å²) < 4.78 is 101. The van der Waals surface area contributed by atoms with Gasteiger partial charge in [0.15, 0.2) is 4.90 Å². The van der Waals surface area contributed by atoms with Gasteiger partial charge in [0.25, 0.3) is 15.9 Å². The molecule has 0 spiro atoms. The molecule has 2 aliphatic rings. The molecule has 6 rings (SSSR count). The average Bonchev–Trinajstić information content (AvgIpc) is 3.72. The van der Waals surface area contributed by atoms with Crippen molar-refractivity contribution in [1.82, 2.24) is 19.8 Å². The molecule has 11 nitrogen and oxygen atoms in total. The lowest BCUT2D eigenvalue weighted by atomic mass is 10.0. The van der Waals surface area contributed by atoms with Crippen LogP contribution in [0.4, 0.5) is 29.1 Å². The minimum Gasteiger partial charge on any atom is -0.497 e. The zero-order valence-electron chi connectivity index (χ0n) is 38.6. The van der Waals surface area contributed by atoms with Crippen LogP contribution >= 0.6 is 0 Å². The molecule has 1 unspecified atom stereocenters. The van der Waals surface area contributed by atoms with E-state index in [0.717, 1.165) is 67.7 Å². The second-order valence-electron chi connectivity index (χ2n) is 14.5. The molecule has 0 bridgehead atoms. The first-order valence-electron chi connectivity index (χ1n) is 21.1. The van der Waals surface area contributed by atoms with E-state index in [4.69, 9.17) is 9.47 Å². The fourth-order valence-corrected chi connectivity index (χ4v) is 8.57. The Bertz CT molecular complexity index is 2000. The first-order chi connectivity index (χ1) is 29.6. The van der Waals surface area contributed by atoms with Gasteiger partial charge in [-0.05, 0) is 82.2 Å². The molecule has 2 saturated heterocycles. The summed E-state index contributed by atoms with van der Waals surface area (Å²) in [6, 6.07) is 15.7. The summed E-state index contributed by atoms with van der Waals surface area (Å²) in [6.07, 6.45) is 6.28. The summed E-state index contributed by atoms with van der Waals surface area (Å²) in [5.41, 5.74) is 1.82. The van der Waals surface area contributed by atoms with Gasteiger partial charge in [0.05, 0.1) is 20.8 Å². The number of nitrogens with zero attached hydrogens (tertiary/aromatic N) is 6. The van der Waals surface area contributed by atoms with Gasteiger partial charge in [0.2, 0.25) is 0 Å². The number of benzene rings is 3. The second-order valence-corrected chi connectivity index (χ2v) is 16.3. The second kappa shape index (κ2) is 26.2. The third-order valence-electron chi connectivity index (χ3n) is 10.3. The van der Waals surface area contributed by atoms with Crippen LogP contribution in [-0.2, 0) is 33.6 Å². The van der Waals surface area contributed by atoms with Crippen LogP contribution in [0.15, 0.2) is 78.1 Å². The predicted molar refractivity (Wildman–Crippen MR) is 241 cm³/mol. The van der Waals surface area contributed by atoms with E-state index in [1.807, 2.05) is 45.6 Å². The van der Waals surface area contributed by atoms with E-state index in [2.05, 4.69) is 38.6 Å².